The predicted molar refractivity (Wildman–Crippen MR) is 133 cm³/mol. The molecule has 12 nitrogen and oxygen atoms in total. The smallest absolute Gasteiger partial charge is 0.326 e. The molecule has 6 rings (SSSR count). The SMILES string of the molecule is CN(C)C1CCN(C(=O)c2ccc(-c3nc(NC4CC4)n4ncc(/C=C5\NC(=O)NC5=O)c4n3)s2)C1. The van der Waals surface area contributed by atoms with Gasteiger partial charge in [-0.05, 0) is 51.6 Å². The van der Waals surface area contributed by atoms with Crippen molar-refractivity contribution in [3.05, 3.63) is 34.5 Å². The third kappa shape index (κ3) is 4.20. The number of rotatable bonds is 6. The monoisotopic (exact) mass is 507 g/mol. The number of anilines is 1. The predicted octanol–water partition coefficient (Wildman–Crippen LogP) is 1.38. The summed E-state index contributed by atoms with van der Waals surface area (Å²) in [6, 6.07) is 3.81. The van der Waals surface area contributed by atoms with Crippen LogP contribution in [0.4, 0.5) is 10.7 Å². The zero-order chi connectivity index (χ0) is 25.0. The molecule has 0 spiro atoms. The van der Waals surface area contributed by atoms with Crippen LogP contribution in [0.1, 0.15) is 34.5 Å². The molecule has 2 aliphatic heterocycles. The Morgan fingerprint density at radius 1 is 1.19 bits per heavy atom. The number of hydrogen-bond donors (Lipinski definition) is 3. The number of aromatic nitrogens is 4. The molecular weight excluding hydrogens is 482 g/mol. The van der Waals surface area contributed by atoms with E-state index in [0.717, 1.165) is 37.2 Å². The first-order valence-corrected chi connectivity index (χ1v) is 12.6. The lowest BCUT2D eigenvalue weighted by Crippen LogP contribution is -2.34. The minimum atomic E-state index is -0.570. The number of fused-ring (bicyclic) bond motifs is 1. The molecule has 2 saturated heterocycles. The van der Waals surface area contributed by atoms with Crippen LogP contribution in [-0.2, 0) is 4.79 Å². The van der Waals surface area contributed by atoms with E-state index in [0.29, 0.717) is 39.9 Å². The summed E-state index contributed by atoms with van der Waals surface area (Å²) >= 11 is 1.36. The molecular formula is C23H25N9O3S. The van der Waals surface area contributed by atoms with E-state index < -0.39 is 11.9 Å². The van der Waals surface area contributed by atoms with E-state index in [-0.39, 0.29) is 11.6 Å². The van der Waals surface area contributed by atoms with Crippen molar-refractivity contribution in [3.8, 4) is 10.7 Å². The standard InChI is InChI=1S/C23H25N9O3S/c1-30(2)14-7-8-31(11-14)21(34)17-6-5-16(36-17)18-27-19-12(9-15-20(33)29-23(35)26-15)10-24-32(19)22(28-18)25-13-3-4-13/h5-6,9-10,13-14H,3-4,7-8,11H2,1-2H3,(H,25,27,28)(H2,26,29,33,35)/b15-9-. The van der Waals surface area contributed by atoms with Crippen molar-refractivity contribution in [1.82, 2.24) is 40.0 Å². The van der Waals surface area contributed by atoms with Gasteiger partial charge in [0.1, 0.15) is 5.70 Å². The molecule has 1 unspecified atom stereocenters. The van der Waals surface area contributed by atoms with Crippen LogP contribution in [-0.4, -0.2) is 86.5 Å². The average molecular weight is 508 g/mol. The molecule has 1 aliphatic carbocycles. The number of urea groups is 1. The highest BCUT2D eigenvalue weighted by molar-refractivity contribution is 7.17. The zero-order valence-electron chi connectivity index (χ0n) is 19.8. The Labute approximate surface area is 210 Å². The summed E-state index contributed by atoms with van der Waals surface area (Å²) in [6.45, 7) is 1.46. The molecule has 1 saturated carbocycles. The number of imide groups is 1. The van der Waals surface area contributed by atoms with Gasteiger partial charge in [0.25, 0.3) is 11.8 Å². The molecule has 36 heavy (non-hydrogen) atoms. The van der Waals surface area contributed by atoms with Crippen molar-refractivity contribution < 1.29 is 14.4 Å². The highest BCUT2D eigenvalue weighted by Crippen LogP contribution is 2.31. The van der Waals surface area contributed by atoms with Crippen LogP contribution >= 0.6 is 11.3 Å². The molecule has 3 aliphatic rings. The van der Waals surface area contributed by atoms with Gasteiger partial charge < -0.3 is 20.4 Å². The van der Waals surface area contributed by atoms with E-state index in [4.69, 9.17) is 9.97 Å². The van der Waals surface area contributed by atoms with Crippen molar-refractivity contribution in [1.29, 1.82) is 0 Å². The maximum absolute atomic E-state index is 13.1. The van der Waals surface area contributed by atoms with Gasteiger partial charge in [-0.2, -0.15) is 14.6 Å². The Hall–Kier alpha value is -3.84. The maximum Gasteiger partial charge on any atom is 0.326 e. The molecule has 5 heterocycles. The third-order valence-corrected chi connectivity index (χ3v) is 7.61. The Bertz CT molecular complexity index is 1420. The number of amides is 4. The van der Waals surface area contributed by atoms with Crippen molar-refractivity contribution in [2.24, 2.45) is 0 Å². The van der Waals surface area contributed by atoms with Crippen molar-refractivity contribution in [2.45, 2.75) is 31.3 Å². The number of hydrogen-bond acceptors (Lipinski definition) is 9. The summed E-state index contributed by atoms with van der Waals surface area (Å²) in [7, 11) is 4.08. The Morgan fingerprint density at radius 2 is 2.03 bits per heavy atom. The highest BCUT2D eigenvalue weighted by atomic mass is 32.1. The van der Waals surface area contributed by atoms with Gasteiger partial charge in [0.2, 0.25) is 5.95 Å². The van der Waals surface area contributed by atoms with Crippen LogP contribution in [0.15, 0.2) is 24.0 Å². The van der Waals surface area contributed by atoms with E-state index >= 15 is 0 Å². The largest absolute Gasteiger partial charge is 0.351 e. The third-order valence-electron chi connectivity index (χ3n) is 6.54. The molecule has 3 N–H and O–H groups in total. The lowest BCUT2D eigenvalue weighted by Gasteiger charge is -2.19. The van der Waals surface area contributed by atoms with Gasteiger partial charge in [0.15, 0.2) is 11.5 Å². The summed E-state index contributed by atoms with van der Waals surface area (Å²) in [6.07, 6.45) is 6.18. The van der Waals surface area contributed by atoms with E-state index in [2.05, 4.69) is 25.9 Å². The second-order valence-corrected chi connectivity index (χ2v) is 10.5. The molecule has 0 radical (unpaired) electrons. The van der Waals surface area contributed by atoms with Crippen molar-refractivity contribution in [2.75, 3.05) is 32.5 Å². The molecule has 0 aromatic carbocycles. The van der Waals surface area contributed by atoms with Crippen LogP contribution in [0, 0.1) is 0 Å². The van der Waals surface area contributed by atoms with Crippen LogP contribution in [0.25, 0.3) is 22.4 Å². The number of nitrogens with zero attached hydrogens (tertiary/aromatic N) is 6. The fourth-order valence-corrected chi connectivity index (χ4v) is 5.23. The van der Waals surface area contributed by atoms with E-state index in [1.165, 1.54) is 17.4 Å². The second kappa shape index (κ2) is 8.68. The van der Waals surface area contributed by atoms with E-state index in [9.17, 15) is 14.4 Å². The number of nitrogens with one attached hydrogen (secondary N) is 3. The topological polar surface area (TPSA) is 137 Å². The molecule has 0 bridgehead atoms. The molecule has 1 atom stereocenters. The molecule has 4 amide bonds. The van der Waals surface area contributed by atoms with Crippen LogP contribution in [0.5, 0.6) is 0 Å². The van der Waals surface area contributed by atoms with Crippen LogP contribution in [0.2, 0.25) is 0 Å². The number of carbonyl (C=O) groups excluding carboxylic acids is 3. The Kier molecular flexibility index (Phi) is 5.45. The minimum Gasteiger partial charge on any atom is -0.351 e. The number of carbonyl (C=O) groups is 3. The number of likely N-dealkylation sites (tertiary alicyclic amines) is 1. The molecule has 3 aromatic heterocycles. The van der Waals surface area contributed by atoms with Gasteiger partial charge in [-0.25, -0.2) is 9.78 Å². The summed E-state index contributed by atoms with van der Waals surface area (Å²) in [4.78, 5) is 51.5. The lowest BCUT2D eigenvalue weighted by molar-refractivity contribution is -0.115. The van der Waals surface area contributed by atoms with Crippen molar-refractivity contribution >= 4 is 46.9 Å². The van der Waals surface area contributed by atoms with Crippen molar-refractivity contribution in [3.63, 3.8) is 0 Å². The van der Waals surface area contributed by atoms with Crippen LogP contribution < -0.4 is 16.0 Å². The van der Waals surface area contributed by atoms with Gasteiger partial charge in [0.05, 0.1) is 16.0 Å². The quantitative estimate of drug-likeness (QED) is 0.336. The lowest BCUT2D eigenvalue weighted by atomic mass is 10.2. The maximum atomic E-state index is 13.1. The van der Waals surface area contributed by atoms with Gasteiger partial charge in [-0.15, -0.1) is 11.3 Å². The van der Waals surface area contributed by atoms with Gasteiger partial charge in [-0.3, -0.25) is 14.9 Å². The first kappa shape index (κ1) is 22.6. The average Bonchev–Trinajstić information content (AvgIpc) is 3.25. The number of likely N-dealkylation sites (N-methyl/N-ethyl adjacent to an activating group) is 1. The summed E-state index contributed by atoms with van der Waals surface area (Å²) in [5.41, 5.74) is 1.17. The second-order valence-electron chi connectivity index (χ2n) is 9.41. The Morgan fingerprint density at radius 3 is 2.72 bits per heavy atom. The minimum absolute atomic E-state index is 0.0192. The summed E-state index contributed by atoms with van der Waals surface area (Å²) < 4.78 is 1.59. The van der Waals surface area contributed by atoms with Gasteiger partial charge in [-0.1, -0.05) is 0 Å². The fourth-order valence-electron chi connectivity index (χ4n) is 4.32. The van der Waals surface area contributed by atoms with Crippen LogP contribution in [0.3, 0.4) is 0 Å². The Balaban J connectivity index is 1.34. The first-order chi connectivity index (χ1) is 17.4. The van der Waals surface area contributed by atoms with Gasteiger partial charge in [0, 0.05) is 30.7 Å². The first-order valence-electron chi connectivity index (χ1n) is 11.8. The van der Waals surface area contributed by atoms with E-state index in [1.807, 2.05) is 31.1 Å². The molecule has 3 aromatic rings. The highest BCUT2D eigenvalue weighted by Gasteiger charge is 2.30. The summed E-state index contributed by atoms with van der Waals surface area (Å²) in [5.74, 6) is 0.509. The zero-order valence-corrected chi connectivity index (χ0v) is 20.6. The molecule has 3 fully saturated rings. The normalized spacial score (nSPS) is 21.0. The molecule has 186 valence electrons. The van der Waals surface area contributed by atoms with Gasteiger partial charge >= 0.3 is 6.03 Å². The van der Waals surface area contributed by atoms with E-state index in [1.54, 1.807) is 10.7 Å². The number of thiophene rings is 1. The molecule has 13 heteroatoms. The summed E-state index contributed by atoms with van der Waals surface area (Å²) in [5, 5.41) is 12.5. The fraction of sp³-hybridized carbons (Fsp3) is 0.391.